The average molecular weight is 413 g/mol. The molecule has 0 aromatic heterocycles. The molecule has 4 aliphatic rings. The smallest absolute Gasteiger partial charge is 0.0811 e. The van der Waals surface area contributed by atoms with Gasteiger partial charge in [0.2, 0.25) is 0 Å². The molecule has 166 valence electrons. The molecule has 4 fully saturated rings. The number of hydrogen-bond donors (Lipinski definition) is 3. The maximum Gasteiger partial charge on any atom is 0.0811 e. The first-order chi connectivity index (χ1) is 14.3. The van der Waals surface area contributed by atoms with Gasteiger partial charge in [-0.1, -0.05) is 50.3 Å². The molecule has 0 spiro atoms. The Morgan fingerprint density at radius 2 is 1.87 bits per heavy atom. The van der Waals surface area contributed by atoms with E-state index in [0.717, 1.165) is 17.6 Å². The number of aliphatic hydroxyl groups excluding tert-OH is 3. The molecule has 3 heteroatoms. The monoisotopic (exact) mass is 412 g/mol. The molecule has 0 saturated heterocycles. The normalized spacial score (nSPS) is 42.1. The molecule has 4 rings (SSSR count). The van der Waals surface area contributed by atoms with Gasteiger partial charge in [0, 0.05) is 6.42 Å². The van der Waals surface area contributed by atoms with Crippen molar-refractivity contribution in [3.05, 3.63) is 47.6 Å². The zero-order valence-corrected chi connectivity index (χ0v) is 18.8. The minimum atomic E-state index is -0.621. The highest BCUT2D eigenvalue weighted by Gasteiger charge is 2.50. The predicted molar refractivity (Wildman–Crippen MR) is 122 cm³/mol. The van der Waals surface area contributed by atoms with Gasteiger partial charge in [-0.05, 0) is 91.6 Å². The number of fused-ring (bicyclic) bond motifs is 1. The van der Waals surface area contributed by atoms with Crippen LogP contribution in [0.4, 0.5) is 0 Å². The first-order valence-corrected chi connectivity index (χ1v) is 12.1. The molecule has 0 aromatic rings. The Bertz CT molecular complexity index is 743. The van der Waals surface area contributed by atoms with E-state index in [1.807, 2.05) is 0 Å². The summed E-state index contributed by atoms with van der Waals surface area (Å²) in [7, 11) is 0. The molecule has 0 aromatic carbocycles. The topological polar surface area (TPSA) is 60.7 Å². The molecule has 4 aliphatic carbocycles. The molecular formula is C27H40O3. The van der Waals surface area contributed by atoms with Crippen molar-refractivity contribution < 1.29 is 15.3 Å². The molecule has 0 aliphatic heterocycles. The van der Waals surface area contributed by atoms with Gasteiger partial charge < -0.3 is 15.3 Å². The van der Waals surface area contributed by atoms with E-state index >= 15 is 0 Å². The van der Waals surface area contributed by atoms with Gasteiger partial charge in [0.15, 0.2) is 0 Å². The van der Waals surface area contributed by atoms with Crippen molar-refractivity contribution in [3.63, 3.8) is 0 Å². The third kappa shape index (κ3) is 4.40. The fourth-order valence-electron chi connectivity index (χ4n) is 6.63. The second kappa shape index (κ2) is 8.76. The van der Waals surface area contributed by atoms with Crippen molar-refractivity contribution in [2.24, 2.45) is 29.1 Å². The Morgan fingerprint density at radius 1 is 1.10 bits per heavy atom. The summed E-state index contributed by atoms with van der Waals surface area (Å²) in [6.45, 7) is 8.88. The van der Waals surface area contributed by atoms with Gasteiger partial charge in [-0.2, -0.15) is 0 Å². The van der Waals surface area contributed by atoms with E-state index in [-0.39, 0.29) is 6.10 Å². The summed E-state index contributed by atoms with van der Waals surface area (Å²) in [6.07, 6.45) is 16.9. The van der Waals surface area contributed by atoms with Gasteiger partial charge in [-0.3, -0.25) is 0 Å². The van der Waals surface area contributed by atoms with Crippen molar-refractivity contribution in [1.29, 1.82) is 0 Å². The van der Waals surface area contributed by atoms with Crippen LogP contribution in [0, 0.1) is 29.1 Å². The highest BCUT2D eigenvalue weighted by molar-refractivity contribution is 5.38. The van der Waals surface area contributed by atoms with Gasteiger partial charge in [0.05, 0.1) is 18.3 Å². The average Bonchev–Trinajstić information content (AvgIpc) is 3.49. The molecule has 7 atom stereocenters. The number of rotatable bonds is 5. The molecule has 0 bridgehead atoms. The van der Waals surface area contributed by atoms with E-state index in [9.17, 15) is 15.3 Å². The summed E-state index contributed by atoms with van der Waals surface area (Å²) in [5.41, 5.74) is 3.63. The van der Waals surface area contributed by atoms with Gasteiger partial charge in [0.25, 0.3) is 0 Å². The third-order valence-electron chi connectivity index (χ3n) is 8.65. The predicted octanol–water partition coefficient (Wildman–Crippen LogP) is 5.09. The van der Waals surface area contributed by atoms with Crippen LogP contribution in [0.25, 0.3) is 0 Å². The van der Waals surface area contributed by atoms with Crippen molar-refractivity contribution in [3.8, 4) is 0 Å². The van der Waals surface area contributed by atoms with Crippen molar-refractivity contribution in [2.45, 2.75) is 89.9 Å². The summed E-state index contributed by atoms with van der Waals surface area (Å²) in [5, 5.41) is 30.4. The van der Waals surface area contributed by atoms with Crippen LogP contribution in [0.2, 0.25) is 0 Å². The summed E-state index contributed by atoms with van der Waals surface area (Å²) in [6, 6.07) is 0. The Balaban J connectivity index is 1.48. The first-order valence-electron chi connectivity index (χ1n) is 12.1. The Morgan fingerprint density at radius 3 is 2.60 bits per heavy atom. The quantitative estimate of drug-likeness (QED) is 0.551. The number of hydrogen-bond acceptors (Lipinski definition) is 3. The summed E-state index contributed by atoms with van der Waals surface area (Å²) < 4.78 is 0. The number of aliphatic hydroxyl groups is 3. The lowest BCUT2D eigenvalue weighted by Crippen LogP contribution is -2.35. The maximum atomic E-state index is 10.2. The van der Waals surface area contributed by atoms with E-state index in [1.54, 1.807) is 0 Å². The largest absolute Gasteiger partial charge is 0.393 e. The van der Waals surface area contributed by atoms with Gasteiger partial charge in [-0.15, -0.1) is 0 Å². The van der Waals surface area contributed by atoms with Crippen LogP contribution in [-0.4, -0.2) is 33.6 Å². The Hall–Kier alpha value is -1.16. The molecular weight excluding hydrogens is 372 g/mol. The van der Waals surface area contributed by atoms with E-state index in [0.29, 0.717) is 41.9 Å². The molecule has 30 heavy (non-hydrogen) atoms. The van der Waals surface area contributed by atoms with Crippen LogP contribution in [0.5, 0.6) is 0 Å². The van der Waals surface area contributed by atoms with Crippen LogP contribution in [-0.2, 0) is 0 Å². The molecule has 3 nitrogen and oxygen atoms in total. The Labute approximate surface area is 182 Å². The van der Waals surface area contributed by atoms with Crippen LogP contribution >= 0.6 is 0 Å². The third-order valence-corrected chi connectivity index (χ3v) is 8.65. The minimum absolute atomic E-state index is 0.250. The summed E-state index contributed by atoms with van der Waals surface area (Å²) in [5.74, 6) is 2.28. The highest BCUT2D eigenvalue weighted by atomic mass is 16.3. The lowest BCUT2D eigenvalue weighted by Gasteiger charge is -2.44. The fraction of sp³-hybridized carbons (Fsp3) is 0.704. The van der Waals surface area contributed by atoms with Gasteiger partial charge in [0.1, 0.15) is 0 Å². The van der Waals surface area contributed by atoms with Crippen LogP contribution in [0.1, 0.15) is 71.6 Å². The second-order valence-electron chi connectivity index (χ2n) is 10.7. The van der Waals surface area contributed by atoms with Gasteiger partial charge in [-0.25, -0.2) is 0 Å². The van der Waals surface area contributed by atoms with Gasteiger partial charge >= 0.3 is 0 Å². The fourth-order valence-corrected chi connectivity index (χ4v) is 6.63. The lowest BCUT2D eigenvalue weighted by molar-refractivity contribution is 0.0862. The van der Waals surface area contributed by atoms with E-state index in [2.05, 4.69) is 44.7 Å². The molecule has 4 saturated carbocycles. The molecule has 0 unspecified atom stereocenters. The second-order valence-corrected chi connectivity index (χ2v) is 10.7. The van der Waals surface area contributed by atoms with Crippen molar-refractivity contribution in [2.75, 3.05) is 0 Å². The molecule has 3 N–H and O–H groups in total. The number of allylic oxidation sites excluding steroid dienone is 4. The van der Waals surface area contributed by atoms with Crippen LogP contribution in [0.3, 0.4) is 0 Å². The van der Waals surface area contributed by atoms with Crippen molar-refractivity contribution >= 4 is 0 Å². The summed E-state index contributed by atoms with van der Waals surface area (Å²) >= 11 is 0. The van der Waals surface area contributed by atoms with Crippen LogP contribution < -0.4 is 0 Å². The zero-order chi connectivity index (χ0) is 21.5. The standard InChI is InChI=1S/C27H40O3/c1-17(6-13-25(29)20-8-9-20)23-11-12-24-19(5-4-14-27(23,24)3)7-10-21-15-22(28)16-26(30)18(21)2/h6-7,10,13,17,20,22-26,28-30H,2,4-5,8-9,11-12,14-16H2,1,3H3/b13-6?,19-7?,21-10-/t17-,22+,23-,24-,25-,26-,27+/m1/s1. The summed E-state index contributed by atoms with van der Waals surface area (Å²) in [4.78, 5) is 0. The first kappa shape index (κ1) is 22.0. The van der Waals surface area contributed by atoms with E-state index < -0.39 is 12.2 Å². The van der Waals surface area contributed by atoms with E-state index in [4.69, 9.17) is 0 Å². The Kier molecular flexibility index (Phi) is 6.44. The van der Waals surface area contributed by atoms with Crippen molar-refractivity contribution in [1.82, 2.24) is 0 Å². The maximum absolute atomic E-state index is 10.2. The van der Waals surface area contributed by atoms with E-state index in [1.165, 1.54) is 44.1 Å². The minimum Gasteiger partial charge on any atom is -0.393 e. The highest BCUT2D eigenvalue weighted by Crippen LogP contribution is 2.59. The molecule has 0 amide bonds. The van der Waals surface area contributed by atoms with Crippen LogP contribution in [0.15, 0.2) is 47.6 Å². The lowest BCUT2D eigenvalue weighted by atomic mass is 9.61. The molecule has 0 heterocycles. The SMILES string of the molecule is C=C1/C(=C\C=C2CCC[C@]3(C)[C@@H]2CC[C@@H]3[C@H](C)C=C[C@@H](O)C2CC2)C[C@H](O)C[C@H]1O. The zero-order valence-electron chi connectivity index (χ0n) is 18.8. The molecule has 0 radical (unpaired) electrons.